The van der Waals surface area contributed by atoms with E-state index < -0.39 is 5.92 Å². The van der Waals surface area contributed by atoms with Crippen molar-refractivity contribution in [3.8, 4) is 17.2 Å². The van der Waals surface area contributed by atoms with Crippen LogP contribution in [-0.4, -0.2) is 39.7 Å². The summed E-state index contributed by atoms with van der Waals surface area (Å²) in [6.07, 6.45) is 0.158. The van der Waals surface area contributed by atoms with Crippen LogP contribution in [0.2, 0.25) is 0 Å². The van der Waals surface area contributed by atoms with Crippen molar-refractivity contribution in [2.24, 2.45) is 5.92 Å². The zero-order valence-corrected chi connectivity index (χ0v) is 18.3. The molecule has 154 valence electrons. The summed E-state index contributed by atoms with van der Waals surface area (Å²) in [5.74, 6) is 0.570. The Labute approximate surface area is 178 Å². The fourth-order valence-electron chi connectivity index (χ4n) is 3.33. The third-order valence-electron chi connectivity index (χ3n) is 4.88. The average molecular weight is 463 g/mol. The van der Waals surface area contributed by atoms with Gasteiger partial charge >= 0.3 is 0 Å². The molecule has 8 heteroatoms. The van der Waals surface area contributed by atoms with E-state index in [1.54, 1.807) is 17.0 Å². The van der Waals surface area contributed by atoms with Crippen LogP contribution in [0.4, 0.5) is 11.4 Å². The first kappa shape index (κ1) is 21.0. The molecule has 1 aliphatic rings. The predicted molar refractivity (Wildman–Crippen MR) is 114 cm³/mol. The lowest BCUT2D eigenvalue weighted by Crippen LogP contribution is -2.28. The SMILES string of the molecule is COc1cc(NC(=O)C2CC(=O)N(c3ccc(Br)c(C)c3)C2)cc(OC)c1OC. The Balaban J connectivity index is 1.76. The molecule has 1 atom stereocenters. The molecule has 1 N–H and O–H groups in total. The van der Waals surface area contributed by atoms with Gasteiger partial charge in [-0.1, -0.05) is 15.9 Å². The molecule has 29 heavy (non-hydrogen) atoms. The number of amides is 2. The number of ether oxygens (including phenoxy) is 3. The van der Waals surface area contributed by atoms with E-state index in [1.807, 2.05) is 25.1 Å². The van der Waals surface area contributed by atoms with Gasteiger partial charge < -0.3 is 24.4 Å². The molecule has 1 saturated heterocycles. The van der Waals surface area contributed by atoms with Crippen molar-refractivity contribution in [3.05, 3.63) is 40.4 Å². The number of nitrogens with zero attached hydrogens (tertiary/aromatic N) is 1. The number of benzene rings is 2. The number of carbonyl (C=O) groups is 2. The van der Waals surface area contributed by atoms with Crippen molar-refractivity contribution < 1.29 is 23.8 Å². The van der Waals surface area contributed by atoms with Gasteiger partial charge in [-0.2, -0.15) is 0 Å². The maximum absolute atomic E-state index is 12.8. The van der Waals surface area contributed by atoms with E-state index >= 15 is 0 Å². The molecule has 1 fully saturated rings. The highest BCUT2D eigenvalue weighted by Gasteiger charge is 2.35. The summed E-state index contributed by atoms with van der Waals surface area (Å²) in [6, 6.07) is 9.02. The summed E-state index contributed by atoms with van der Waals surface area (Å²) in [5.41, 5.74) is 2.33. The Morgan fingerprint density at radius 1 is 1.10 bits per heavy atom. The van der Waals surface area contributed by atoms with Crippen LogP contribution in [0.3, 0.4) is 0 Å². The van der Waals surface area contributed by atoms with E-state index in [9.17, 15) is 9.59 Å². The first-order chi connectivity index (χ1) is 13.9. The van der Waals surface area contributed by atoms with Gasteiger partial charge in [-0.3, -0.25) is 9.59 Å². The van der Waals surface area contributed by atoms with Gasteiger partial charge in [0.2, 0.25) is 17.6 Å². The van der Waals surface area contributed by atoms with E-state index in [2.05, 4.69) is 21.2 Å². The molecule has 0 aliphatic carbocycles. The van der Waals surface area contributed by atoms with Crippen molar-refractivity contribution >= 4 is 39.1 Å². The van der Waals surface area contributed by atoms with Crippen LogP contribution in [0, 0.1) is 12.8 Å². The molecule has 0 aromatic heterocycles. The average Bonchev–Trinajstić information content (AvgIpc) is 3.11. The van der Waals surface area contributed by atoms with E-state index in [1.165, 1.54) is 21.3 Å². The summed E-state index contributed by atoms with van der Waals surface area (Å²) >= 11 is 3.46. The van der Waals surface area contributed by atoms with Gasteiger partial charge in [0.05, 0.1) is 27.2 Å². The Hall–Kier alpha value is -2.74. The highest BCUT2D eigenvalue weighted by molar-refractivity contribution is 9.10. The third-order valence-corrected chi connectivity index (χ3v) is 5.77. The Kier molecular flexibility index (Phi) is 6.32. The number of hydrogen-bond donors (Lipinski definition) is 1. The number of methoxy groups -OCH3 is 3. The van der Waals surface area contributed by atoms with E-state index in [4.69, 9.17) is 14.2 Å². The van der Waals surface area contributed by atoms with Gasteiger partial charge in [0.15, 0.2) is 11.5 Å². The molecule has 1 aliphatic heterocycles. The van der Waals surface area contributed by atoms with Crippen LogP contribution in [0.5, 0.6) is 17.2 Å². The molecule has 7 nitrogen and oxygen atoms in total. The zero-order valence-electron chi connectivity index (χ0n) is 16.7. The summed E-state index contributed by atoms with van der Waals surface area (Å²) in [4.78, 5) is 27.0. The van der Waals surface area contributed by atoms with Crippen molar-refractivity contribution in [3.63, 3.8) is 0 Å². The van der Waals surface area contributed by atoms with Crippen LogP contribution >= 0.6 is 15.9 Å². The molecule has 2 amide bonds. The van der Waals surface area contributed by atoms with E-state index in [-0.39, 0.29) is 18.2 Å². The van der Waals surface area contributed by atoms with Crippen molar-refractivity contribution in [2.45, 2.75) is 13.3 Å². The van der Waals surface area contributed by atoms with Gasteiger partial charge in [0.25, 0.3) is 0 Å². The quantitative estimate of drug-likeness (QED) is 0.706. The molecule has 1 unspecified atom stereocenters. The predicted octanol–water partition coefficient (Wildman–Crippen LogP) is 3.77. The molecular weight excluding hydrogens is 440 g/mol. The van der Waals surface area contributed by atoms with Crippen molar-refractivity contribution in [1.29, 1.82) is 0 Å². The molecule has 3 rings (SSSR count). The van der Waals surface area contributed by atoms with E-state index in [0.717, 1.165) is 15.7 Å². The summed E-state index contributed by atoms with van der Waals surface area (Å²) in [7, 11) is 4.54. The third kappa shape index (κ3) is 4.32. The molecule has 1 heterocycles. The number of nitrogens with one attached hydrogen (secondary N) is 1. The summed E-state index contributed by atoms with van der Waals surface area (Å²) < 4.78 is 16.9. The Morgan fingerprint density at radius 2 is 1.76 bits per heavy atom. The minimum absolute atomic E-state index is 0.0724. The van der Waals surface area contributed by atoms with Crippen LogP contribution in [0.15, 0.2) is 34.8 Å². The highest BCUT2D eigenvalue weighted by Crippen LogP contribution is 2.40. The number of aryl methyl sites for hydroxylation is 1. The van der Waals surface area contributed by atoms with Crippen LogP contribution < -0.4 is 24.4 Å². The number of carbonyl (C=O) groups excluding carboxylic acids is 2. The maximum atomic E-state index is 12.8. The van der Waals surface area contributed by atoms with Gasteiger partial charge in [-0.15, -0.1) is 0 Å². The number of halogens is 1. The van der Waals surface area contributed by atoms with Gasteiger partial charge in [-0.05, 0) is 30.7 Å². The zero-order chi connectivity index (χ0) is 21.1. The fourth-order valence-corrected chi connectivity index (χ4v) is 3.57. The smallest absolute Gasteiger partial charge is 0.229 e. The summed E-state index contributed by atoms with van der Waals surface area (Å²) in [6.45, 7) is 2.29. The number of rotatable bonds is 6. The lowest BCUT2D eigenvalue weighted by molar-refractivity contribution is -0.122. The standard InChI is InChI=1S/C21H23BrN2O5/c1-12-7-15(5-6-16(12)22)24-11-13(8-19(24)25)21(26)23-14-9-17(27-2)20(29-4)18(10-14)28-3/h5-7,9-10,13H,8,11H2,1-4H3,(H,23,26). The second-order valence-corrected chi connectivity index (χ2v) is 7.60. The van der Waals surface area contributed by atoms with Crippen molar-refractivity contribution in [1.82, 2.24) is 0 Å². The monoisotopic (exact) mass is 462 g/mol. The second-order valence-electron chi connectivity index (χ2n) is 6.74. The van der Waals surface area contributed by atoms with Gasteiger partial charge in [0, 0.05) is 40.9 Å². The van der Waals surface area contributed by atoms with Gasteiger partial charge in [0.1, 0.15) is 0 Å². The first-order valence-electron chi connectivity index (χ1n) is 9.05. The van der Waals surface area contributed by atoms with Gasteiger partial charge in [-0.25, -0.2) is 0 Å². The molecule has 0 saturated carbocycles. The van der Waals surface area contributed by atoms with E-state index in [0.29, 0.717) is 29.5 Å². The molecule has 0 radical (unpaired) electrons. The maximum Gasteiger partial charge on any atom is 0.229 e. The van der Waals surface area contributed by atoms with Crippen LogP contribution in [0.25, 0.3) is 0 Å². The lowest BCUT2D eigenvalue weighted by Gasteiger charge is -2.18. The topological polar surface area (TPSA) is 77.1 Å². The normalized spacial score (nSPS) is 16.0. The minimum Gasteiger partial charge on any atom is -0.493 e. The molecule has 0 spiro atoms. The fraction of sp³-hybridized carbons (Fsp3) is 0.333. The number of hydrogen-bond acceptors (Lipinski definition) is 5. The molecule has 2 aromatic rings. The molecular formula is C21H23BrN2O5. The highest BCUT2D eigenvalue weighted by atomic mass is 79.9. The van der Waals surface area contributed by atoms with Crippen molar-refractivity contribution in [2.75, 3.05) is 38.1 Å². The lowest BCUT2D eigenvalue weighted by atomic mass is 10.1. The minimum atomic E-state index is -0.453. The second kappa shape index (κ2) is 8.73. The molecule has 0 bridgehead atoms. The summed E-state index contributed by atoms with van der Waals surface area (Å²) in [5, 5.41) is 2.86. The number of anilines is 2. The van der Waals surface area contributed by atoms with Crippen LogP contribution in [-0.2, 0) is 9.59 Å². The molecule has 2 aromatic carbocycles. The largest absolute Gasteiger partial charge is 0.493 e. The van der Waals surface area contributed by atoms with Crippen LogP contribution in [0.1, 0.15) is 12.0 Å². The Morgan fingerprint density at radius 3 is 2.31 bits per heavy atom. The first-order valence-corrected chi connectivity index (χ1v) is 9.84. The Bertz CT molecular complexity index is 922.